The lowest BCUT2D eigenvalue weighted by Gasteiger charge is -2.11. The van der Waals surface area contributed by atoms with Crippen LogP contribution in [0.25, 0.3) is 55.6 Å². The van der Waals surface area contributed by atoms with Crippen molar-refractivity contribution < 1.29 is 18.3 Å². The fourth-order valence-corrected chi connectivity index (χ4v) is 4.88. The van der Waals surface area contributed by atoms with Crippen molar-refractivity contribution in [1.29, 1.82) is 0 Å². The second-order valence-electron chi connectivity index (χ2n) is 9.03. The summed E-state index contributed by atoms with van der Waals surface area (Å²) >= 11 is 0. The lowest BCUT2D eigenvalue weighted by Crippen LogP contribution is -2.05. The molecule has 6 aromatic rings. The second kappa shape index (κ2) is 9.56. The van der Waals surface area contributed by atoms with Gasteiger partial charge in [-0.2, -0.15) is 0 Å². The number of fused-ring (bicyclic) bond motifs is 2. The number of ether oxygens (including phenoxy) is 1. The Morgan fingerprint density at radius 1 is 0.921 bits per heavy atom. The minimum atomic E-state index is -0.486. The molecule has 188 valence electrons. The number of halogens is 1. The fourth-order valence-electron chi connectivity index (χ4n) is 4.88. The van der Waals surface area contributed by atoms with Crippen molar-refractivity contribution in [3.05, 3.63) is 102 Å². The van der Waals surface area contributed by atoms with Gasteiger partial charge in [-0.1, -0.05) is 36.4 Å². The number of carbonyl (C=O) groups excluding carboxylic acids is 1. The molecule has 0 saturated heterocycles. The van der Waals surface area contributed by atoms with E-state index in [0.29, 0.717) is 27.9 Å². The van der Waals surface area contributed by atoms with Crippen LogP contribution >= 0.6 is 0 Å². The molecule has 0 unspecified atom stereocenters. The van der Waals surface area contributed by atoms with Crippen molar-refractivity contribution in [2.45, 2.75) is 6.92 Å². The fraction of sp³-hybridized carbons (Fsp3) is 0.0938. The maximum absolute atomic E-state index is 13.6. The number of para-hydroxylation sites is 1. The lowest BCUT2D eigenvalue weighted by atomic mass is 9.97. The Labute approximate surface area is 218 Å². The van der Waals surface area contributed by atoms with Crippen LogP contribution in [0.4, 0.5) is 10.1 Å². The van der Waals surface area contributed by atoms with E-state index in [-0.39, 0.29) is 12.4 Å². The summed E-state index contributed by atoms with van der Waals surface area (Å²) in [4.78, 5) is 16.6. The number of esters is 1. The van der Waals surface area contributed by atoms with Crippen LogP contribution in [0, 0.1) is 5.82 Å². The van der Waals surface area contributed by atoms with Gasteiger partial charge in [0, 0.05) is 51.9 Å². The largest absolute Gasteiger partial charge is 0.462 e. The molecule has 0 bridgehead atoms. The highest BCUT2D eigenvalue weighted by Gasteiger charge is 2.25. The average molecular weight is 505 g/mol. The molecular formula is C32H25FN2O3. The number of nitrogens with one attached hydrogen (secondary N) is 2. The molecule has 2 aromatic heterocycles. The van der Waals surface area contributed by atoms with Gasteiger partial charge in [0.15, 0.2) is 0 Å². The van der Waals surface area contributed by atoms with E-state index < -0.39 is 5.97 Å². The molecule has 38 heavy (non-hydrogen) atoms. The third-order valence-electron chi connectivity index (χ3n) is 6.70. The third-order valence-corrected chi connectivity index (χ3v) is 6.70. The molecular weight excluding hydrogens is 479 g/mol. The Balaban J connectivity index is 1.53. The smallest absolute Gasteiger partial charge is 0.342 e. The Hall–Kier alpha value is -4.84. The second-order valence-corrected chi connectivity index (χ2v) is 9.03. The van der Waals surface area contributed by atoms with Gasteiger partial charge in [-0.05, 0) is 66.6 Å². The number of H-pyrrole nitrogens is 1. The topological polar surface area (TPSA) is 67.3 Å². The summed E-state index contributed by atoms with van der Waals surface area (Å²) in [6.45, 7) is 1.99. The van der Waals surface area contributed by atoms with Crippen molar-refractivity contribution in [1.82, 2.24) is 4.98 Å². The van der Waals surface area contributed by atoms with Crippen LogP contribution in [0.2, 0.25) is 0 Å². The zero-order valence-electron chi connectivity index (χ0n) is 21.0. The van der Waals surface area contributed by atoms with Crippen LogP contribution in [0.5, 0.6) is 0 Å². The lowest BCUT2D eigenvalue weighted by molar-refractivity contribution is 0.0528. The number of aromatic nitrogens is 1. The molecule has 0 saturated carbocycles. The van der Waals surface area contributed by atoms with Crippen molar-refractivity contribution in [3.8, 4) is 33.7 Å². The standard InChI is InChI=1S/C32H25FN2O3/c1-3-37-32(36)30-25-17-24(28(34-2)18-29(25)38-31(30)19-11-13-23(33)14-12-19)20-8-6-9-21(15-20)27-16-22-7-4-5-10-26(22)35-27/h4-18,34-35H,3H2,1-2H3. The number of hydrogen-bond donors (Lipinski definition) is 2. The Morgan fingerprint density at radius 2 is 1.71 bits per heavy atom. The van der Waals surface area contributed by atoms with E-state index in [1.165, 1.54) is 12.1 Å². The summed E-state index contributed by atoms with van der Waals surface area (Å²) < 4.78 is 25.2. The molecule has 2 N–H and O–H groups in total. The van der Waals surface area contributed by atoms with Crippen LogP contribution in [-0.2, 0) is 4.74 Å². The molecule has 0 aliphatic rings. The number of carbonyl (C=O) groups is 1. The van der Waals surface area contributed by atoms with Crippen molar-refractivity contribution >= 4 is 33.5 Å². The monoisotopic (exact) mass is 504 g/mol. The minimum absolute atomic E-state index is 0.225. The number of hydrogen-bond acceptors (Lipinski definition) is 4. The molecule has 6 heteroatoms. The summed E-state index contributed by atoms with van der Waals surface area (Å²) in [6.07, 6.45) is 0. The normalized spacial score (nSPS) is 11.2. The van der Waals surface area contributed by atoms with Gasteiger partial charge in [0.25, 0.3) is 0 Å². The van der Waals surface area contributed by atoms with Gasteiger partial charge in [0.1, 0.15) is 22.7 Å². The molecule has 4 aromatic carbocycles. The van der Waals surface area contributed by atoms with Gasteiger partial charge in [0.05, 0.1) is 6.61 Å². The molecule has 0 amide bonds. The first-order chi connectivity index (χ1) is 18.6. The van der Waals surface area contributed by atoms with Crippen LogP contribution in [0.1, 0.15) is 17.3 Å². The van der Waals surface area contributed by atoms with E-state index in [9.17, 15) is 9.18 Å². The molecule has 2 heterocycles. The van der Waals surface area contributed by atoms with Gasteiger partial charge in [0.2, 0.25) is 0 Å². The van der Waals surface area contributed by atoms with Gasteiger partial charge < -0.3 is 19.5 Å². The van der Waals surface area contributed by atoms with E-state index in [1.807, 2.05) is 43.4 Å². The zero-order valence-corrected chi connectivity index (χ0v) is 21.0. The summed E-state index contributed by atoms with van der Waals surface area (Å²) in [5.74, 6) is -0.498. The summed E-state index contributed by atoms with van der Waals surface area (Å²) in [7, 11) is 1.85. The first-order valence-corrected chi connectivity index (χ1v) is 12.5. The molecule has 0 aliphatic heterocycles. The van der Waals surface area contributed by atoms with Crippen LogP contribution in [0.15, 0.2) is 95.4 Å². The molecule has 0 fully saturated rings. The number of anilines is 1. The van der Waals surface area contributed by atoms with E-state index in [1.54, 1.807) is 19.1 Å². The summed E-state index contributed by atoms with van der Waals surface area (Å²) in [5, 5.41) is 5.05. The number of rotatable bonds is 6. The number of furan rings is 1. The maximum Gasteiger partial charge on any atom is 0.342 e. The Morgan fingerprint density at radius 3 is 2.47 bits per heavy atom. The highest BCUT2D eigenvalue weighted by atomic mass is 19.1. The number of benzene rings is 4. The predicted octanol–water partition coefficient (Wildman–Crippen LogP) is 8.27. The van der Waals surface area contributed by atoms with E-state index in [2.05, 4.69) is 40.6 Å². The van der Waals surface area contributed by atoms with E-state index in [0.717, 1.165) is 39.0 Å². The van der Waals surface area contributed by atoms with E-state index >= 15 is 0 Å². The first-order valence-electron chi connectivity index (χ1n) is 12.5. The predicted molar refractivity (Wildman–Crippen MR) is 150 cm³/mol. The van der Waals surface area contributed by atoms with Gasteiger partial charge in [-0.15, -0.1) is 0 Å². The molecule has 0 spiro atoms. The van der Waals surface area contributed by atoms with Crippen molar-refractivity contribution in [2.24, 2.45) is 0 Å². The molecule has 0 atom stereocenters. The van der Waals surface area contributed by atoms with Crippen LogP contribution in [-0.4, -0.2) is 24.6 Å². The molecule has 5 nitrogen and oxygen atoms in total. The Kier molecular flexibility index (Phi) is 5.92. The van der Waals surface area contributed by atoms with Gasteiger partial charge in [-0.25, -0.2) is 9.18 Å². The van der Waals surface area contributed by atoms with Crippen molar-refractivity contribution in [2.75, 3.05) is 19.0 Å². The summed E-state index contributed by atoms with van der Waals surface area (Å²) in [6, 6.07) is 28.3. The molecule has 6 rings (SSSR count). The van der Waals surface area contributed by atoms with E-state index in [4.69, 9.17) is 9.15 Å². The number of aromatic amines is 1. The van der Waals surface area contributed by atoms with Gasteiger partial charge in [-0.3, -0.25) is 0 Å². The van der Waals surface area contributed by atoms with Crippen molar-refractivity contribution in [3.63, 3.8) is 0 Å². The molecule has 0 aliphatic carbocycles. The summed E-state index contributed by atoms with van der Waals surface area (Å²) in [5.41, 5.74) is 7.34. The Bertz CT molecular complexity index is 1760. The third kappa shape index (κ3) is 4.10. The minimum Gasteiger partial charge on any atom is -0.462 e. The van der Waals surface area contributed by atoms with Gasteiger partial charge >= 0.3 is 5.97 Å². The highest BCUT2D eigenvalue weighted by molar-refractivity contribution is 6.11. The quantitative estimate of drug-likeness (QED) is 0.224. The van der Waals surface area contributed by atoms with Crippen LogP contribution < -0.4 is 5.32 Å². The SMILES string of the molecule is CCOC(=O)c1c(-c2ccc(F)cc2)oc2cc(NC)c(-c3cccc(-c4cc5ccccc5[nH]4)c3)cc12. The maximum atomic E-state index is 13.6. The molecule has 0 radical (unpaired) electrons. The zero-order chi connectivity index (χ0) is 26.2. The highest BCUT2D eigenvalue weighted by Crippen LogP contribution is 2.40. The van der Waals surface area contributed by atoms with Crippen LogP contribution in [0.3, 0.4) is 0 Å². The first kappa shape index (κ1) is 23.6. The average Bonchev–Trinajstić information content (AvgIpc) is 3.54.